The molecule has 1 aliphatic heterocycles. The van der Waals surface area contributed by atoms with E-state index in [2.05, 4.69) is 48.3 Å². The van der Waals surface area contributed by atoms with Crippen LogP contribution in [0.2, 0.25) is 0 Å². The summed E-state index contributed by atoms with van der Waals surface area (Å²) in [6.07, 6.45) is 0. The molecule has 1 N–H and O–H groups in total. The summed E-state index contributed by atoms with van der Waals surface area (Å²) in [5.41, 5.74) is 4.81. The van der Waals surface area contributed by atoms with Gasteiger partial charge in [0, 0.05) is 48.7 Å². The van der Waals surface area contributed by atoms with Gasteiger partial charge < -0.3 is 15.1 Å². The molecule has 3 aromatic carbocycles. The van der Waals surface area contributed by atoms with Gasteiger partial charge in [0.2, 0.25) is 0 Å². The minimum Gasteiger partial charge on any atom is -0.365 e. The third-order valence-electron chi connectivity index (χ3n) is 6.01. The fourth-order valence-corrected chi connectivity index (χ4v) is 4.37. The lowest BCUT2D eigenvalue weighted by molar-refractivity contribution is -0.384. The summed E-state index contributed by atoms with van der Waals surface area (Å²) in [5.74, 6) is -0.368. The summed E-state index contributed by atoms with van der Waals surface area (Å²) in [6, 6.07) is 20.7. The molecule has 1 atom stereocenters. The van der Waals surface area contributed by atoms with Crippen LogP contribution < -0.4 is 15.1 Å². The highest BCUT2D eigenvalue weighted by molar-refractivity contribution is 6.05. The number of nitro benzene ring substituents is 1. The fraction of sp³-hybridized carbons (Fsp3) is 0.269. The number of amides is 1. The number of hydrogen-bond donors (Lipinski definition) is 1. The first-order chi connectivity index (χ1) is 15.8. The van der Waals surface area contributed by atoms with Gasteiger partial charge >= 0.3 is 0 Å². The molecule has 1 amide bonds. The summed E-state index contributed by atoms with van der Waals surface area (Å²) in [6.45, 7) is 8.22. The first-order valence-corrected chi connectivity index (χ1v) is 11.1. The van der Waals surface area contributed by atoms with E-state index in [0.29, 0.717) is 24.5 Å². The lowest BCUT2D eigenvalue weighted by Gasteiger charge is -2.42. The Bertz CT molecular complexity index is 1190. The number of rotatable bonds is 5. The second-order valence-electron chi connectivity index (χ2n) is 8.61. The Balaban J connectivity index is 1.53. The second-order valence-corrected chi connectivity index (χ2v) is 8.61. The molecule has 7 heteroatoms. The predicted molar refractivity (Wildman–Crippen MR) is 132 cm³/mol. The van der Waals surface area contributed by atoms with Gasteiger partial charge in [0.05, 0.1) is 4.92 Å². The fourth-order valence-electron chi connectivity index (χ4n) is 4.37. The number of aryl methyl sites for hydroxylation is 2. The van der Waals surface area contributed by atoms with Crippen LogP contribution in [0.3, 0.4) is 0 Å². The van der Waals surface area contributed by atoms with Crippen LogP contribution in [0.25, 0.3) is 0 Å². The molecule has 33 heavy (non-hydrogen) atoms. The molecule has 7 nitrogen and oxygen atoms in total. The molecule has 1 heterocycles. The molecule has 3 aromatic rings. The van der Waals surface area contributed by atoms with Crippen molar-refractivity contribution in [3.63, 3.8) is 0 Å². The average Bonchev–Trinajstić information content (AvgIpc) is 2.78. The van der Waals surface area contributed by atoms with Crippen molar-refractivity contribution in [2.75, 3.05) is 34.8 Å². The maximum absolute atomic E-state index is 12.7. The molecular formula is C26H28N4O3. The zero-order valence-corrected chi connectivity index (χ0v) is 19.1. The molecule has 1 fully saturated rings. The first kappa shape index (κ1) is 22.3. The van der Waals surface area contributed by atoms with Gasteiger partial charge in [0.15, 0.2) is 0 Å². The van der Waals surface area contributed by atoms with E-state index < -0.39 is 4.92 Å². The van der Waals surface area contributed by atoms with Gasteiger partial charge in [-0.2, -0.15) is 0 Å². The van der Waals surface area contributed by atoms with E-state index in [0.717, 1.165) is 12.1 Å². The van der Waals surface area contributed by atoms with Crippen LogP contribution in [0.5, 0.6) is 0 Å². The zero-order valence-electron chi connectivity index (χ0n) is 19.1. The number of piperazine rings is 1. The highest BCUT2D eigenvalue weighted by Crippen LogP contribution is 2.32. The molecule has 4 rings (SSSR count). The standard InChI is InChI=1S/C26H28N4O3/c1-18-6-4-8-22(14-18)27-26(31)21-10-11-24(25(16-21)30(32)33)28-12-13-29(20(3)17-28)23-9-5-7-19(2)15-23/h4-11,14-16,20H,12-13,17H2,1-3H3,(H,27,31)/t20-/m0/s1. The minimum absolute atomic E-state index is 0.0527. The largest absolute Gasteiger partial charge is 0.365 e. The Hall–Kier alpha value is -3.87. The summed E-state index contributed by atoms with van der Waals surface area (Å²) < 4.78 is 0. The van der Waals surface area contributed by atoms with Crippen molar-refractivity contribution in [2.24, 2.45) is 0 Å². The number of hydrogen-bond acceptors (Lipinski definition) is 5. The highest BCUT2D eigenvalue weighted by Gasteiger charge is 2.29. The Kier molecular flexibility index (Phi) is 6.31. The van der Waals surface area contributed by atoms with Crippen LogP contribution in [0.15, 0.2) is 66.7 Å². The third kappa shape index (κ3) is 4.98. The summed E-state index contributed by atoms with van der Waals surface area (Å²) in [5, 5.41) is 14.7. The van der Waals surface area contributed by atoms with Gasteiger partial charge in [-0.1, -0.05) is 24.3 Å². The van der Waals surface area contributed by atoms with Crippen LogP contribution in [0.1, 0.15) is 28.4 Å². The molecule has 0 saturated carbocycles. The second kappa shape index (κ2) is 9.32. The molecule has 0 radical (unpaired) electrons. The van der Waals surface area contributed by atoms with Crippen molar-refractivity contribution in [2.45, 2.75) is 26.8 Å². The van der Waals surface area contributed by atoms with Crippen LogP contribution in [0, 0.1) is 24.0 Å². The van der Waals surface area contributed by atoms with Crippen LogP contribution >= 0.6 is 0 Å². The Morgan fingerprint density at radius 2 is 1.73 bits per heavy atom. The van der Waals surface area contributed by atoms with E-state index >= 15 is 0 Å². The van der Waals surface area contributed by atoms with Gasteiger partial charge in [-0.3, -0.25) is 14.9 Å². The third-order valence-corrected chi connectivity index (χ3v) is 6.01. The number of anilines is 3. The van der Waals surface area contributed by atoms with Crippen LogP contribution in [0.4, 0.5) is 22.7 Å². The van der Waals surface area contributed by atoms with E-state index in [1.165, 1.54) is 17.3 Å². The van der Waals surface area contributed by atoms with Gasteiger partial charge in [-0.15, -0.1) is 0 Å². The molecule has 0 spiro atoms. The highest BCUT2D eigenvalue weighted by atomic mass is 16.6. The Labute approximate surface area is 193 Å². The van der Waals surface area contributed by atoms with E-state index in [1.807, 2.05) is 30.0 Å². The summed E-state index contributed by atoms with van der Waals surface area (Å²) in [7, 11) is 0. The van der Waals surface area contributed by atoms with Gasteiger partial charge in [0.1, 0.15) is 5.69 Å². The molecule has 1 saturated heterocycles. The molecule has 0 aliphatic carbocycles. The average molecular weight is 445 g/mol. The first-order valence-electron chi connectivity index (χ1n) is 11.1. The van der Waals surface area contributed by atoms with Gasteiger partial charge in [0.25, 0.3) is 11.6 Å². The van der Waals surface area contributed by atoms with Crippen molar-refractivity contribution in [1.82, 2.24) is 0 Å². The summed E-state index contributed by atoms with van der Waals surface area (Å²) in [4.78, 5) is 28.6. The summed E-state index contributed by atoms with van der Waals surface area (Å²) >= 11 is 0. The number of carbonyl (C=O) groups excluding carboxylic acids is 1. The number of benzene rings is 3. The molecule has 170 valence electrons. The maximum atomic E-state index is 12.7. The van der Waals surface area contributed by atoms with Crippen molar-refractivity contribution in [1.29, 1.82) is 0 Å². The topological polar surface area (TPSA) is 78.7 Å². The number of nitrogens with zero attached hydrogens (tertiary/aromatic N) is 3. The molecule has 0 aromatic heterocycles. The quantitative estimate of drug-likeness (QED) is 0.433. The minimum atomic E-state index is -0.406. The smallest absolute Gasteiger partial charge is 0.293 e. The zero-order chi connectivity index (χ0) is 23.5. The van der Waals surface area contributed by atoms with Gasteiger partial charge in [-0.05, 0) is 68.3 Å². The van der Waals surface area contributed by atoms with E-state index in [9.17, 15) is 14.9 Å². The normalized spacial score (nSPS) is 15.9. The molecule has 0 bridgehead atoms. The van der Waals surface area contributed by atoms with E-state index in [-0.39, 0.29) is 23.2 Å². The Morgan fingerprint density at radius 3 is 2.39 bits per heavy atom. The maximum Gasteiger partial charge on any atom is 0.293 e. The molecule has 1 aliphatic rings. The lowest BCUT2D eigenvalue weighted by atomic mass is 10.1. The van der Waals surface area contributed by atoms with Crippen LogP contribution in [-0.2, 0) is 0 Å². The number of nitrogens with one attached hydrogen (secondary N) is 1. The van der Waals surface area contributed by atoms with Crippen molar-refractivity contribution in [3.05, 3.63) is 93.5 Å². The number of nitro groups is 1. The SMILES string of the molecule is Cc1cccc(NC(=O)c2ccc(N3CCN(c4cccc(C)c4)[C@@H](C)C3)c([N+](=O)[O-])c2)c1. The van der Waals surface area contributed by atoms with E-state index in [4.69, 9.17) is 0 Å². The van der Waals surface area contributed by atoms with E-state index in [1.54, 1.807) is 18.2 Å². The lowest BCUT2D eigenvalue weighted by Crippen LogP contribution is -2.52. The van der Waals surface area contributed by atoms with Gasteiger partial charge in [-0.25, -0.2) is 0 Å². The molecule has 0 unspecified atom stereocenters. The predicted octanol–water partition coefficient (Wildman–Crippen LogP) is 5.18. The van der Waals surface area contributed by atoms with Crippen LogP contribution in [-0.4, -0.2) is 36.5 Å². The Morgan fingerprint density at radius 1 is 1.00 bits per heavy atom. The number of carbonyl (C=O) groups is 1. The van der Waals surface area contributed by atoms with Crippen molar-refractivity contribution < 1.29 is 9.72 Å². The van der Waals surface area contributed by atoms with Crippen molar-refractivity contribution in [3.8, 4) is 0 Å². The molecular weight excluding hydrogens is 416 g/mol. The monoisotopic (exact) mass is 444 g/mol. The van der Waals surface area contributed by atoms with Crippen molar-refractivity contribution >= 4 is 28.7 Å².